The second-order valence-corrected chi connectivity index (χ2v) is 4.01. The lowest BCUT2D eigenvalue weighted by Gasteiger charge is -2.09. The standard InChI is InChI=1S/C10H12BrNO/c11-10-6-5-9(13-10)7-12-8-3-1-2-4-8/h1-2,5-6,8,12H,3-4,7H2. The Morgan fingerprint density at radius 1 is 1.38 bits per heavy atom. The molecule has 0 aromatic carbocycles. The molecule has 0 radical (unpaired) electrons. The van der Waals surface area contributed by atoms with E-state index in [1.54, 1.807) is 0 Å². The number of hydrogen-bond acceptors (Lipinski definition) is 2. The molecule has 0 fully saturated rings. The molecule has 0 atom stereocenters. The van der Waals surface area contributed by atoms with E-state index < -0.39 is 0 Å². The van der Waals surface area contributed by atoms with Crippen LogP contribution >= 0.6 is 15.9 Å². The molecule has 0 saturated heterocycles. The van der Waals surface area contributed by atoms with Crippen LogP contribution in [0.2, 0.25) is 0 Å². The second-order valence-electron chi connectivity index (χ2n) is 3.23. The number of halogens is 1. The van der Waals surface area contributed by atoms with Crippen molar-refractivity contribution in [1.29, 1.82) is 0 Å². The summed E-state index contributed by atoms with van der Waals surface area (Å²) in [5, 5.41) is 3.43. The van der Waals surface area contributed by atoms with Gasteiger partial charge in [-0.15, -0.1) is 0 Å². The summed E-state index contributed by atoms with van der Waals surface area (Å²) in [6.07, 6.45) is 6.72. The Hall–Kier alpha value is -0.540. The summed E-state index contributed by atoms with van der Waals surface area (Å²) in [5.74, 6) is 0.985. The Morgan fingerprint density at radius 2 is 2.15 bits per heavy atom. The van der Waals surface area contributed by atoms with Gasteiger partial charge >= 0.3 is 0 Å². The minimum atomic E-state index is 0.601. The van der Waals surface area contributed by atoms with Crippen molar-refractivity contribution in [2.24, 2.45) is 0 Å². The molecule has 0 aliphatic heterocycles. The smallest absolute Gasteiger partial charge is 0.169 e. The van der Waals surface area contributed by atoms with Crippen molar-refractivity contribution in [3.05, 3.63) is 34.7 Å². The molecule has 0 saturated carbocycles. The van der Waals surface area contributed by atoms with Gasteiger partial charge in [0.05, 0.1) is 6.54 Å². The van der Waals surface area contributed by atoms with Gasteiger partial charge in [-0.3, -0.25) is 0 Å². The van der Waals surface area contributed by atoms with Gasteiger partial charge < -0.3 is 9.73 Å². The van der Waals surface area contributed by atoms with Gasteiger partial charge in [-0.05, 0) is 40.9 Å². The highest BCUT2D eigenvalue weighted by atomic mass is 79.9. The Morgan fingerprint density at radius 3 is 2.77 bits per heavy atom. The Labute approximate surface area is 86.1 Å². The second kappa shape index (κ2) is 4.11. The van der Waals surface area contributed by atoms with Crippen LogP contribution in [0.25, 0.3) is 0 Å². The summed E-state index contributed by atoms with van der Waals surface area (Å²) in [7, 11) is 0. The van der Waals surface area contributed by atoms with Gasteiger partial charge in [-0.2, -0.15) is 0 Å². The molecule has 1 N–H and O–H groups in total. The third-order valence-electron chi connectivity index (χ3n) is 2.20. The van der Waals surface area contributed by atoms with E-state index in [2.05, 4.69) is 33.4 Å². The fourth-order valence-corrected chi connectivity index (χ4v) is 1.82. The van der Waals surface area contributed by atoms with Crippen molar-refractivity contribution in [1.82, 2.24) is 5.32 Å². The van der Waals surface area contributed by atoms with Crippen LogP contribution in [0.5, 0.6) is 0 Å². The van der Waals surface area contributed by atoms with Crippen LogP contribution in [0.1, 0.15) is 18.6 Å². The zero-order valence-corrected chi connectivity index (χ0v) is 8.88. The Bertz CT molecular complexity index is 298. The zero-order valence-electron chi connectivity index (χ0n) is 7.29. The lowest BCUT2D eigenvalue weighted by molar-refractivity contribution is 0.439. The molecule has 70 valence electrons. The number of rotatable bonds is 3. The first-order valence-electron chi connectivity index (χ1n) is 4.47. The van der Waals surface area contributed by atoms with E-state index in [1.165, 1.54) is 0 Å². The van der Waals surface area contributed by atoms with Crippen molar-refractivity contribution in [2.45, 2.75) is 25.4 Å². The number of hydrogen-bond donors (Lipinski definition) is 1. The predicted octanol–water partition coefficient (Wildman–Crippen LogP) is 2.85. The van der Waals surface area contributed by atoms with Crippen LogP contribution in [0.3, 0.4) is 0 Å². The normalized spacial score (nSPS) is 17.0. The molecule has 1 aliphatic carbocycles. The predicted molar refractivity (Wildman–Crippen MR) is 55.4 cm³/mol. The van der Waals surface area contributed by atoms with E-state index in [1.807, 2.05) is 12.1 Å². The lowest BCUT2D eigenvalue weighted by atomic mass is 10.2. The van der Waals surface area contributed by atoms with Crippen molar-refractivity contribution >= 4 is 15.9 Å². The van der Waals surface area contributed by atoms with E-state index in [4.69, 9.17) is 4.42 Å². The van der Waals surface area contributed by atoms with Crippen LogP contribution in [0.4, 0.5) is 0 Å². The van der Waals surface area contributed by atoms with E-state index in [-0.39, 0.29) is 0 Å². The van der Waals surface area contributed by atoms with Crippen LogP contribution in [-0.4, -0.2) is 6.04 Å². The quantitative estimate of drug-likeness (QED) is 0.824. The Kier molecular flexibility index (Phi) is 2.86. The minimum Gasteiger partial charge on any atom is -0.453 e. The van der Waals surface area contributed by atoms with Gasteiger partial charge in [0, 0.05) is 6.04 Å². The van der Waals surface area contributed by atoms with Gasteiger partial charge in [0.25, 0.3) is 0 Å². The molecular formula is C10H12BrNO. The van der Waals surface area contributed by atoms with Crippen LogP contribution in [-0.2, 0) is 6.54 Å². The lowest BCUT2D eigenvalue weighted by Crippen LogP contribution is -2.25. The largest absolute Gasteiger partial charge is 0.453 e. The molecule has 0 spiro atoms. The maximum absolute atomic E-state index is 5.38. The fraction of sp³-hybridized carbons (Fsp3) is 0.400. The molecule has 1 heterocycles. The monoisotopic (exact) mass is 241 g/mol. The fourth-order valence-electron chi connectivity index (χ4n) is 1.48. The maximum atomic E-state index is 5.38. The first kappa shape index (κ1) is 9.03. The zero-order chi connectivity index (χ0) is 9.10. The van der Waals surface area contributed by atoms with Gasteiger partial charge in [0.1, 0.15) is 5.76 Å². The van der Waals surface area contributed by atoms with Crippen LogP contribution < -0.4 is 5.32 Å². The molecule has 13 heavy (non-hydrogen) atoms. The van der Waals surface area contributed by atoms with Crippen molar-refractivity contribution < 1.29 is 4.42 Å². The first-order chi connectivity index (χ1) is 6.34. The molecule has 3 heteroatoms. The SMILES string of the molecule is Brc1ccc(CNC2CC=CC2)o1. The molecule has 2 rings (SSSR count). The van der Waals surface area contributed by atoms with Gasteiger partial charge in [0.15, 0.2) is 4.67 Å². The highest BCUT2D eigenvalue weighted by molar-refractivity contribution is 9.10. The summed E-state index contributed by atoms with van der Waals surface area (Å²) in [6, 6.07) is 4.51. The molecule has 2 nitrogen and oxygen atoms in total. The summed E-state index contributed by atoms with van der Waals surface area (Å²) in [6.45, 7) is 0.817. The van der Waals surface area contributed by atoms with Crippen molar-refractivity contribution in [3.8, 4) is 0 Å². The summed E-state index contributed by atoms with van der Waals surface area (Å²) in [5.41, 5.74) is 0. The molecule has 1 aromatic heterocycles. The maximum Gasteiger partial charge on any atom is 0.169 e. The first-order valence-corrected chi connectivity index (χ1v) is 5.26. The average molecular weight is 242 g/mol. The average Bonchev–Trinajstić information content (AvgIpc) is 2.71. The van der Waals surface area contributed by atoms with Gasteiger partial charge in [-0.25, -0.2) is 0 Å². The highest BCUT2D eigenvalue weighted by Crippen LogP contribution is 2.15. The number of furan rings is 1. The molecule has 0 bridgehead atoms. The highest BCUT2D eigenvalue weighted by Gasteiger charge is 2.09. The Balaban J connectivity index is 1.79. The molecular weight excluding hydrogens is 230 g/mol. The third-order valence-corrected chi connectivity index (χ3v) is 2.63. The third kappa shape index (κ3) is 2.45. The molecule has 1 aromatic rings. The van der Waals surface area contributed by atoms with Crippen LogP contribution in [0.15, 0.2) is 33.4 Å². The van der Waals surface area contributed by atoms with E-state index in [0.29, 0.717) is 6.04 Å². The molecule has 0 amide bonds. The summed E-state index contributed by atoms with van der Waals surface area (Å²) in [4.78, 5) is 0. The van der Waals surface area contributed by atoms with E-state index in [9.17, 15) is 0 Å². The minimum absolute atomic E-state index is 0.601. The van der Waals surface area contributed by atoms with Crippen molar-refractivity contribution in [3.63, 3.8) is 0 Å². The topological polar surface area (TPSA) is 25.2 Å². The molecule has 0 unspecified atom stereocenters. The van der Waals surface area contributed by atoms with Crippen molar-refractivity contribution in [2.75, 3.05) is 0 Å². The van der Waals surface area contributed by atoms with E-state index in [0.717, 1.165) is 29.8 Å². The van der Waals surface area contributed by atoms with Gasteiger partial charge in [0.2, 0.25) is 0 Å². The molecule has 1 aliphatic rings. The van der Waals surface area contributed by atoms with E-state index >= 15 is 0 Å². The van der Waals surface area contributed by atoms with Crippen LogP contribution in [0, 0.1) is 0 Å². The summed E-state index contributed by atoms with van der Waals surface area (Å²) < 4.78 is 6.18. The number of nitrogens with one attached hydrogen (secondary N) is 1. The summed E-state index contributed by atoms with van der Waals surface area (Å²) >= 11 is 3.28. The van der Waals surface area contributed by atoms with Gasteiger partial charge in [-0.1, -0.05) is 12.2 Å².